The van der Waals surface area contributed by atoms with Crippen LogP contribution in [0.1, 0.15) is 329 Å². The van der Waals surface area contributed by atoms with Crippen LogP contribution in [0.3, 0.4) is 0 Å². The summed E-state index contributed by atoms with van der Waals surface area (Å²) in [5.41, 5.74) is 0. The highest BCUT2D eigenvalue weighted by atomic mass is 16.2. The zero-order valence-electron chi connectivity index (χ0n) is 39.7. The second-order valence-corrected chi connectivity index (χ2v) is 18.7. The molecule has 0 heterocycles. The Labute approximate surface area is 356 Å². The van der Waals surface area contributed by atoms with E-state index < -0.39 is 0 Å². The molecule has 0 N–H and O–H groups in total. The Balaban J connectivity index is 4.08. The largest absolute Gasteiger partial charge is 0.343 e. The summed E-state index contributed by atoms with van der Waals surface area (Å²) in [4.78, 5) is 15.7. The first-order chi connectivity index (χ1) is 27.8. The first-order valence-corrected chi connectivity index (χ1v) is 27.0. The normalized spacial score (nSPS) is 11.6. The van der Waals surface area contributed by atoms with Crippen molar-refractivity contribution in [2.24, 2.45) is 0 Å². The minimum absolute atomic E-state index is 0.460. The molecule has 0 aliphatic carbocycles. The first-order valence-electron chi connectivity index (χ1n) is 27.0. The van der Waals surface area contributed by atoms with Crippen molar-refractivity contribution in [3.05, 3.63) is 0 Å². The summed E-state index contributed by atoms with van der Waals surface area (Å²) in [5.74, 6) is 0.460. The molecule has 0 atom stereocenters. The van der Waals surface area contributed by atoms with Gasteiger partial charge in [0.15, 0.2) is 0 Å². The Bertz CT molecular complexity index is 669. The van der Waals surface area contributed by atoms with Crippen LogP contribution in [0.5, 0.6) is 0 Å². The molecule has 0 spiro atoms. The standard InChI is InChI=1S/C54H109NO/c1-4-7-10-13-16-19-22-25-28-31-34-37-40-43-46-49-52-55(53-50-47-44-41-38-35-32-29-26-23-20-17-14-11-8-5-2)54(56)51-48-45-42-39-36-33-30-27-24-21-18-15-12-9-6-3/h4-53H2,1-3H3. The van der Waals surface area contributed by atoms with Gasteiger partial charge < -0.3 is 4.90 Å². The molecule has 0 saturated heterocycles. The van der Waals surface area contributed by atoms with Crippen LogP contribution in [0.2, 0.25) is 0 Å². The zero-order valence-corrected chi connectivity index (χ0v) is 39.7. The molecular formula is C54H109NO. The zero-order chi connectivity index (χ0) is 40.5. The number of hydrogen-bond donors (Lipinski definition) is 0. The van der Waals surface area contributed by atoms with Crippen LogP contribution >= 0.6 is 0 Å². The lowest BCUT2D eigenvalue weighted by Crippen LogP contribution is -2.32. The van der Waals surface area contributed by atoms with Crippen LogP contribution in [0.25, 0.3) is 0 Å². The molecule has 0 aromatic heterocycles. The molecular weight excluding hydrogens is 679 g/mol. The molecule has 2 nitrogen and oxygen atoms in total. The van der Waals surface area contributed by atoms with Crippen molar-refractivity contribution in [1.29, 1.82) is 0 Å². The molecule has 2 heteroatoms. The predicted molar refractivity (Wildman–Crippen MR) is 255 cm³/mol. The van der Waals surface area contributed by atoms with E-state index >= 15 is 0 Å². The maximum atomic E-state index is 13.4. The number of unbranched alkanes of at least 4 members (excludes halogenated alkanes) is 44. The average molecular weight is 788 g/mol. The average Bonchev–Trinajstić information content (AvgIpc) is 3.21. The Morgan fingerprint density at radius 1 is 0.232 bits per heavy atom. The van der Waals surface area contributed by atoms with Gasteiger partial charge in [0.1, 0.15) is 0 Å². The predicted octanol–water partition coefficient (Wildman–Crippen LogP) is 19.6. The van der Waals surface area contributed by atoms with Gasteiger partial charge in [0.05, 0.1) is 0 Å². The van der Waals surface area contributed by atoms with Gasteiger partial charge >= 0.3 is 0 Å². The van der Waals surface area contributed by atoms with Crippen molar-refractivity contribution in [1.82, 2.24) is 4.90 Å². The topological polar surface area (TPSA) is 20.3 Å². The summed E-state index contributed by atoms with van der Waals surface area (Å²) in [6, 6.07) is 0. The fourth-order valence-corrected chi connectivity index (χ4v) is 8.87. The summed E-state index contributed by atoms with van der Waals surface area (Å²) in [5, 5.41) is 0. The second-order valence-electron chi connectivity index (χ2n) is 18.7. The Morgan fingerprint density at radius 2 is 0.393 bits per heavy atom. The maximum Gasteiger partial charge on any atom is 0.222 e. The van der Waals surface area contributed by atoms with E-state index in [0.717, 1.165) is 25.9 Å². The van der Waals surface area contributed by atoms with Gasteiger partial charge in [-0.15, -0.1) is 0 Å². The van der Waals surface area contributed by atoms with Crippen LogP contribution in [0.15, 0.2) is 0 Å². The monoisotopic (exact) mass is 788 g/mol. The summed E-state index contributed by atoms with van der Waals surface area (Å²) < 4.78 is 0. The van der Waals surface area contributed by atoms with Crippen molar-refractivity contribution >= 4 is 5.91 Å². The number of hydrogen-bond acceptors (Lipinski definition) is 1. The molecule has 1 amide bonds. The number of nitrogens with zero attached hydrogens (tertiary/aromatic N) is 1. The lowest BCUT2D eigenvalue weighted by molar-refractivity contribution is -0.131. The van der Waals surface area contributed by atoms with Crippen LogP contribution in [0, 0.1) is 0 Å². The van der Waals surface area contributed by atoms with Crippen LogP contribution < -0.4 is 0 Å². The summed E-state index contributed by atoms with van der Waals surface area (Å²) in [6.45, 7) is 8.94. The van der Waals surface area contributed by atoms with Crippen molar-refractivity contribution < 1.29 is 4.79 Å². The van der Waals surface area contributed by atoms with E-state index in [1.54, 1.807) is 0 Å². The van der Waals surface area contributed by atoms with E-state index in [1.165, 1.54) is 295 Å². The van der Waals surface area contributed by atoms with Crippen molar-refractivity contribution in [3.8, 4) is 0 Å². The molecule has 0 radical (unpaired) electrons. The van der Waals surface area contributed by atoms with Crippen LogP contribution in [0.4, 0.5) is 0 Å². The lowest BCUT2D eigenvalue weighted by atomic mass is 10.0. The van der Waals surface area contributed by atoms with Gasteiger partial charge in [0, 0.05) is 19.5 Å². The molecule has 0 fully saturated rings. The van der Waals surface area contributed by atoms with E-state index in [-0.39, 0.29) is 0 Å². The van der Waals surface area contributed by atoms with Gasteiger partial charge in [-0.2, -0.15) is 0 Å². The second kappa shape index (κ2) is 50.6. The van der Waals surface area contributed by atoms with E-state index in [0.29, 0.717) is 5.91 Å². The highest BCUT2D eigenvalue weighted by Gasteiger charge is 2.13. The molecule has 0 rings (SSSR count). The molecule has 0 aliphatic heterocycles. The number of amides is 1. The number of rotatable bonds is 50. The third kappa shape index (κ3) is 46.2. The summed E-state index contributed by atoms with van der Waals surface area (Å²) in [6.07, 6.45) is 66.6. The van der Waals surface area contributed by atoms with E-state index in [2.05, 4.69) is 25.7 Å². The minimum Gasteiger partial charge on any atom is -0.343 e. The van der Waals surface area contributed by atoms with Crippen LogP contribution in [-0.2, 0) is 4.79 Å². The first kappa shape index (κ1) is 55.5. The Kier molecular flexibility index (Phi) is 50.1. The van der Waals surface area contributed by atoms with Gasteiger partial charge in [0.2, 0.25) is 5.91 Å². The van der Waals surface area contributed by atoms with Gasteiger partial charge in [-0.25, -0.2) is 0 Å². The molecule has 0 bridgehead atoms. The lowest BCUT2D eigenvalue weighted by Gasteiger charge is -2.23. The fourth-order valence-electron chi connectivity index (χ4n) is 8.87. The van der Waals surface area contributed by atoms with E-state index in [9.17, 15) is 4.79 Å². The Morgan fingerprint density at radius 3 is 0.589 bits per heavy atom. The quantitative estimate of drug-likeness (QED) is 0.0562. The van der Waals surface area contributed by atoms with E-state index in [4.69, 9.17) is 0 Å². The van der Waals surface area contributed by atoms with Crippen molar-refractivity contribution in [2.45, 2.75) is 329 Å². The Hall–Kier alpha value is -0.530. The van der Waals surface area contributed by atoms with Gasteiger partial charge in [-0.3, -0.25) is 4.79 Å². The van der Waals surface area contributed by atoms with Crippen LogP contribution in [-0.4, -0.2) is 23.9 Å². The third-order valence-electron chi connectivity index (χ3n) is 12.9. The SMILES string of the molecule is CCCCCCCCCCCCCCCCCCN(CCCCCCCCCCCCCCCCCC)C(=O)CCCCCCCCCCCCCCCCC. The van der Waals surface area contributed by atoms with E-state index in [1.807, 2.05) is 0 Å². The smallest absolute Gasteiger partial charge is 0.222 e. The number of carbonyl (C=O) groups excluding carboxylic acids is 1. The van der Waals surface area contributed by atoms with Gasteiger partial charge in [0.25, 0.3) is 0 Å². The molecule has 336 valence electrons. The molecule has 0 aromatic rings. The maximum absolute atomic E-state index is 13.4. The van der Waals surface area contributed by atoms with Gasteiger partial charge in [-0.05, 0) is 19.3 Å². The highest BCUT2D eigenvalue weighted by molar-refractivity contribution is 5.76. The summed E-state index contributed by atoms with van der Waals surface area (Å²) in [7, 11) is 0. The molecule has 0 aromatic carbocycles. The molecule has 56 heavy (non-hydrogen) atoms. The van der Waals surface area contributed by atoms with Crippen molar-refractivity contribution in [2.75, 3.05) is 13.1 Å². The fraction of sp³-hybridized carbons (Fsp3) is 0.981. The van der Waals surface area contributed by atoms with Gasteiger partial charge in [-0.1, -0.05) is 303 Å². The minimum atomic E-state index is 0.460. The summed E-state index contributed by atoms with van der Waals surface area (Å²) >= 11 is 0. The van der Waals surface area contributed by atoms with Crippen molar-refractivity contribution in [3.63, 3.8) is 0 Å². The molecule has 0 saturated carbocycles. The highest BCUT2D eigenvalue weighted by Crippen LogP contribution is 2.18. The molecule has 0 unspecified atom stereocenters. The third-order valence-corrected chi connectivity index (χ3v) is 12.9. The number of carbonyl (C=O) groups is 1. The molecule has 0 aliphatic rings.